The predicted octanol–water partition coefficient (Wildman–Crippen LogP) is 2.00. The molecular formula is C16H19N3O6S. The number of nitrogens with one attached hydrogen (secondary N) is 2. The van der Waals surface area contributed by atoms with Gasteiger partial charge in [0.15, 0.2) is 0 Å². The van der Waals surface area contributed by atoms with Gasteiger partial charge >= 0.3 is 0 Å². The Morgan fingerprint density at radius 3 is 2.54 bits per heavy atom. The van der Waals surface area contributed by atoms with E-state index in [1.54, 1.807) is 31.4 Å². The van der Waals surface area contributed by atoms with Crippen molar-refractivity contribution in [1.82, 2.24) is 4.72 Å². The van der Waals surface area contributed by atoms with E-state index >= 15 is 0 Å². The summed E-state index contributed by atoms with van der Waals surface area (Å²) in [4.78, 5) is 10.4. The lowest BCUT2D eigenvalue weighted by Crippen LogP contribution is -2.19. The lowest BCUT2D eigenvalue weighted by Gasteiger charge is -2.10. The van der Waals surface area contributed by atoms with Crippen LogP contribution < -0.4 is 19.5 Å². The van der Waals surface area contributed by atoms with Gasteiger partial charge in [-0.25, -0.2) is 13.1 Å². The lowest BCUT2D eigenvalue weighted by molar-refractivity contribution is -0.384. The fraction of sp³-hybridized carbons (Fsp3) is 0.250. The first-order valence-corrected chi connectivity index (χ1v) is 9.08. The van der Waals surface area contributed by atoms with Gasteiger partial charge in [0.05, 0.1) is 16.9 Å². The van der Waals surface area contributed by atoms with Gasteiger partial charge in [-0.15, -0.1) is 0 Å². The summed E-state index contributed by atoms with van der Waals surface area (Å²) in [5.41, 5.74) is -0.123. The molecule has 140 valence electrons. The Kier molecular flexibility index (Phi) is 6.36. The van der Waals surface area contributed by atoms with E-state index in [2.05, 4.69) is 10.0 Å². The number of rotatable bonds is 9. The zero-order chi connectivity index (χ0) is 19.2. The van der Waals surface area contributed by atoms with Crippen molar-refractivity contribution < 1.29 is 22.8 Å². The first kappa shape index (κ1) is 19.5. The molecule has 0 saturated heterocycles. The molecule has 0 aliphatic rings. The molecule has 0 aliphatic heterocycles. The second-order valence-electron chi connectivity index (χ2n) is 5.10. The molecule has 2 rings (SSSR count). The number of sulfonamides is 1. The van der Waals surface area contributed by atoms with Crippen molar-refractivity contribution in [2.75, 3.05) is 32.6 Å². The fourth-order valence-electron chi connectivity index (χ4n) is 2.14. The number of nitro groups is 1. The Morgan fingerprint density at radius 2 is 1.88 bits per heavy atom. The highest BCUT2D eigenvalue weighted by atomic mass is 32.2. The van der Waals surface area contributed by atoms with Gasteiger partial charge in [-0.3, -0.25) is 10.1 Å². The molecule has 0 saturated carbocycles. The molecule has 26 heavy (non-hydrogen) atoms. The van der Waals surface area contributed by atoms with Gasteiger partial charge in [0.2, 0.25) is 10.0 Å². The average Bonchev–Trinajstić information content (AvgIpc) is 2.65. The molecule has 0 atom stereocenters. The normalized spacial score (nSPS) is 11.0. The number of hydrogen-bond donors (Lipinski definition) is 2. The van der Waals surface area contributed by atoms with Crippen LogP contribution >= 0.6 is 0 Å². The summed E-state index contributed by atoms with van der Waals surface area (Å²) in [5, 5.41) is 14.1. The standard InChI is InChI=1S/C16H19N3O6S/c1-17-26(22,23)14-6-7-15(16(11-14)19(20)21)18-8-9-25-13-5-3-4-12(10-13)24-2/h3-7,10-11,17-18H,8-9H2,1-2H3. The minimum Gasteiger partial charge on any atom is -0.497 e. The highest BCUT2D eigenvalue weighted by molar-refractivity contribution is 7.89. The smallest absolute Gasteiger partial charge is 0.293 e. The van der Waals surface area contributed by atoms with E-state index in [4.69, 9.17) is 9.47 Å². The van der Waals surface area contributed by atoms with E-state index < -0.39 is 14.9 Å². The van der Waals surface area contributed by atoms with Crippen molar-refractivity contribution in [3.05, 3.63) is 52.6 Å². The zero-order valence-corrected chi connectivity index (χ0v) is 15.1. The molecule has 2 aromatic rings. The third kappa shape index (κ3) is 4.83. The van der Waals surface area contributed by atoms with Crippen LogP contribution in [0.25, 0.3) is 0 Å². The van der Waals surface area contributed by atoms with E-state index in [1.165, 1.54) is 19.2 Å². The van der Waals surface area contributed by atoms with E-state index in [9.17, 15) is 18.5 Å². The Morgan fingerprint density at radius 1 is 1.15 bits per heavy atom. The number of benzene rings is 2. The van der Waals surface area contributed by atoms with Gasteiger partial charge in [0.1, 0.15) is 23.8 Å². The third-order valence-electron chi connectivity index (χ3n) is 3.47. The molecule has 0 amide bonds. The molecule has 0 bridgehead atoms. The molecule has 2 N–H and O–H groups in total. The van der Waals surface area contributed by atoms with Gasteiger partial charge in [0.25, 0.3) is 5.69 Å². The second-order valence-corrected chi connectivity index (χ2v) is 6.98. The molecule has 2 aromatic carbocycles. The highest BCUT2D eigenvalue weighted by Gasteiger charge is 2.20. The maximum absolute atomic E-state index is 11.8. The van der Waals surface area contributed by atoms with Crippen LogP contribution in [-0.2, 0) is 10.0 Å². The van der Waals surface area contributed by atoms with Crippen molar-refractivity contribution in [3.8, 4) is 11.5 Å². The van der Waals surface area contributed by atoms with Gasteiger partial charge in [0, 0.05) is 18.7 Å². The summed E-state index contributed by atoms with van der Waals surface area (Å²) in [6.07, 6.45) is 0. The number of ether oxygens (including phenoxy) is 2. The van der Waals surface area contributed by atoms with Crippen molar-refractivity contribution in [2.45, 2.75) is 4.90 Å². The van der Waals surface area contributed by atoms with Crippen LogP contribution in [0.15, 0.2) is 47.4 Å². The van der Waals surface area contributed by atoms with Crippen molar-refractivity contribution >= 4 is 21.4 Å². The lowest BCUT2D eigenvalue weighted by atomic mass is 10.2. The Bertz CT molecular complexity index is 885. The summed E-state index contributed by atoms with van der Waals surface area (Å²) < 4.78 is 36.3. The van der Waals surface area contributed by atoms with Crippen molar-refractivity contribution in [2.24, 2.45) is 0 Å². The van der Waals surface area contributed by atoms with Gasteiger partial charge in [-0.2, -0.15) is 0 Å². The molecule has 0 fully saturated rings. The SMILES string of the molecule is CNS(=O)(=O)c1ccc(NCCOc2cccc(OC)c2)c([N+](=O)[O-])c1. The number of hydrogen-bond acceptors (Lipinski definition) is 7. The summed E-state index contributed by atoms with van der Waals surface area (Å²) >= 11 is 0. The molecule has 10 heteroatoms. The third-order valence-corrected chi connectivity index (χ3v) is 4.88. The Labute approximate surface area is 151 Å². The minimum absolute atomic E-state index is 0.176. The van der Waals surface area contributed by atoms with E-state index in [1.807, 2.05) is 0 Å². The first-order chi connectivity index (χ1) is 12.4. The number of nitrogens with zero attached hydrogens (tertiary/aromatic N) is 1. The minimum atomic E-state index is -3.76. The summed E-state index contributed by atoms with van der Waals surface area (Å²) in [5.74, 6) is 1.27. The molecule has 0 unspecified atom stereocenters. The van der Waals surface area contributed by atoms with E-state index in [0.717, 1.165) is 6.07 Å². The van der Waals surface area contributed by atoms with Crippen molar-refractivity contribution in [3.63, 3.8) is 0 Å². The van der Waals surface area contributed by atoms with Crippen LogP contribution in [-0.4, -0.2) is 40.7 Å². The molecule has 0 aliphatic carbocycles. The monoisotopic (exact) mass is 381 g/mol. The van der Waals surface area contributed by atoms with Crippen LogP contribution in [0.5, 0.6) is 11.5 Å². The van der Waals surface area contributed by atoms with Crippen LogP contribution in [0.3, 0.4) is 0 Å². The Hall–Kier alpha value is -2.85. The van der Waals surface area contributed by atoms with Gasteiger partial charge < -0.3 is 14.8 Å². The molecular weight excluding hydrogens is 362 g/mol. The molecule has 9 nitrogen and oxygen atoms in total. The number of methoxy groups -OCH3 is 1. The van der Waals surface area contributed by atoms with E-state index in [-0.39, 0.29) is 29.4 Å². The predicted molar refractivity (Wildman–Crippen MR) is 96.3 cm³/mol. The largest absolute Gasteiger partial charge is 0.497 e. The van der Waals surface area contributed by atoms with Crippen LogP contribution in [0.1, 0.15) is 0 Å². The van der Waals surface area contributed by atoms with Gasteiger partial charge in [-0.05, 0) is 31.3 Å². The van der Waals surface area contributed by atoms with Gasteiger partial charge in [-0.1, -0.05) is 6.07 Å². The maximum Gasteiger partial charge on any atom is 0.293 e. The zero-order valence-electron chi connectivity index (χ0n) is 14.3. The summed E-state index contributed by atoms with van der Waals surface area (Å²) in [6.45, 7) is 0.539. The molecule has 0 heterocycles. The first-order valence-electron chi connectivity index (χ1n) is 7.60. The number of nitro benzene ring substituents is 1. The van der Waals surface area contributed by atoms with Crippen LogP contribution in [0.2, 0.25) is 0 Å². The van der Waals surface area contributed by atoms with E-state index in [0.29, 0.717) is 11.5 Å². The second kappa shape index (κ2) is 8.50. The Balaban J connectivity index is 2.03. The summed E-state index contributed by atoms with van der Waals surface area (Å²) in [7, 11) is -0.965. The topological polar surface area (TPSA) is 120 Å². The quantitative estimate of drug-likeness (QED) is 0.387. The van der Waals surface area contributed by atoms with Crippen LogP contribution in [0.4, 0.5) is 11.4 Å². The fourth-order valence-corrected chi connectivity index (χ4v) is 2.89. The maximum atomic E-state index is 11.8. The molecule has 0 aromatic heterocycles. The molecule has 0 spiro atoms. The number of anilines is 1. The van der Waals surface area contributed by atoms with Crippen LogP contribution in [0, 0.1) is 10.1 Å². The molecule has 0 radical (unpaired) electrons. The summed E-state index contributed by atoms with van der Waals surface area (Å²) in [6, 6.07) is 10.7. The highest BCUT2D eigenvalue weighted by Crippen LogP contribution is 2.27. The average molecular weight is 381 g/mol. The van der Waals surface area contributed by atoms with Crippen molar-refractivity contribution in [1.29, 1.82) is 0 Å².